The maximum atomic E-state index is 11.5. The number of urea groups is 1. The first-order valence-corrected chi connectivity index (χ1v) is 5.47. The average Bonchev–Trinajstić information content (AvgIpc) is 2.41. The van der Waals surface area contributed by atoms with E-state index in [1.165, 1.54) is 0 Å². The second-order valence-electron chi connectivity index (χ2n) is 3.47. The largest absolute Gasteiger partial charge is 0.473 e. The number of ether oxygens (including phenoxy) is 1. The molecular weight excluding hydrogens is 230 g/mol. The highest BCUT2D eigenvalue weighted by atomic mass is 16.5. The van der Waals surface area contributed by atoms with Crippen LogP contribution in [0.25, 0.3) is 0 Å². The lowest BCUT2D eigenvalue weighted by Crippen LogP contribution is -2.32. The number of carbonyl (C=O) groups excluding carboxylic acids is 1. The minimum atomic E-state index is -0.334. The Balaban J connectivity index is 1.73. The van der Waals surface area contributed by atoms with Gasteiger partial charge in [0, 0.05) is 6.20 Å². The maximum absolute atomic E-state index is 11.5. The van der Waals surface area contributed by atoms with Crippen LogP contribution in [0, 0.1) is 0 Å². The van der Waals surface area contributed by atoms with Gasteiger partial charge in [-0.05, 0) is 24.3 Å². The predicted octanol–water partition coefficient (Wildman–Crippen LogP) is 2.24. The highest BCUT2D eigenvalue weighted by molar-refractivity contribution is 5.88. The Morgan fingerprint density at radius 2 is 2.00 bits per heavy atom. The number of rotatable bonds is 4. The molecule has 18 heavy (non-hydrogen) atoms. The van der Waals surface area contributed by atoms with E-state index in [0.29, 0.717) is 11.4 Å². The number of nitrogens with zero attached hydrogens (tertiary/aromatic N) is 1. The highest BCUT2D eigenvalue weighted by Crippen LogP contribution is 2.07. The molecule has 0 aliphatic rings. The van der Waals surface area contributed by atoms with Crippen LogP contribution in [0.5, 0.6) is 5.75 Å². The molecule has 2 N–H and O–H groups in total. The molecule has 2 aromatic rings. The van der Waals surface area contributed by atoms with E-state index in [2.05, 4.69) is 15.6 Å². The number of aromatic nitrogens is 1. The van der Waals surface area contributed by atoms with Gasteiger partial charge in [0.2, 0.25) is 0 Å². The minimum Gasteiger partial charge on any atom is -0.473 e. The Kier molecular flexibility index (Phi) is 4.13. The van der Waals surface area contributed by atoms with Gasteiger partial charge in [0.1, 0.15) is 5.75 Å². The van der Waals surface area contributed by atoms with Crippen molar-refractivity contribution in [3.8, 4) is 5.75 Å². The van der Waals surface area contributed by atoms with E-state index in [1.54, 1.807) is 24.5 Å². The van der Waals surface area contributed by atoms with E-state index in [4.69, 9.17) is 4.74 Å². The molecule has 2 amide bonds. The lowest BCUT2D eigenvalue weighted by atomic mass is 10.3. The first-order chi connectivity index (χ1) is 8.84. The fourth-order valence-electron chi connectivity index (χ4n) is 1.31. The van der Waals surface area contributed by atoms with E-state index in [1.807, 2.05) is 30.3 Å². The Hall–Kier alpha value is -2.56. The molecule has 0 fully saturated rings. The fraction of sp³-hybridized carbons (Fsp3) is 0.0769. The molecule has 2 rings (SSSR count). The third kappa shape index (κ3) is 3.79. The summed E-state index contributed by atoms with van der Waals surface area (Å²) in [7, 11) is 0. The van der Waals surface area contributed by atoms with Gasteiger partial charge in [-0.3, -0.25) is 4.98 Å². The SMILES string of the molecule is O=C(NCOc1ccccc1)Nc1cccnc1. The van der Waals surface area contributed by atoms with E-state index >= 15 is 0 Å². The number of pyridine rings is 1. The van der Waals surface area contributed by atoms with Gasteiger partial charge >= 0.3 is 6.03 Å². The van der Waals surface area contributed by atoms with Crippen LogP contribution in [0.3, 0.4) is 0 Å². The molecule has 0 saturated heterocycles. The van der Waals surface area contributed by atoms with Crippen LogP contribution in [-0.2, 0) is 0 Å². The second kappa shape index (κ2) is 6.24. The van der Waals surface area contributed by atoms with Crippen molar-refractivity contribution in [2.45, 2.75) is 0 Å². The molecule has 0 saturated carbocycles. The lowest BCUT2D eigenvalue weighted by molar-refractivity contribution is 0.234. The van der Waals surface area contributed by atoms with Crippen molar-refractivity contribution in [1.82, 2.24) is 10.3 Å². The number of nitrogens with one attached hydrogen (secondary N) is 2. The topological polar surface area (TPSA) is 63.2 Å². The third-order valence-corrected chi connectivity index (χ3v) is 2.13. The molecule has 0 spiro atoms. The summed E-state index contributed by atoms with van der Waals surface area (Å²) in [6.07, 6.45) is 3.21. The summed E-state index contributed by atoms with van der Waals surface area (Å²) in [5.74, 6) is 0.708. The van der Waals surface area contributed by atoms with E-state index in [9.17, 15) is 4.79 Å². The van der Waals surface area contributed by atoms with Crippen molar-refractivity contribution in [3.63, 3.8) is 0 Å². The van der Waals surface area contributed by atoms with Crippen molar-refractivity contribution in [3.05, 3.63) is 54.9 Å². The van der Waals surface area contributed by atoms with Gasteiger partial charge in [0.25, 0.3) is 0 Å². The third-order valence-electron chi connectivity index (χ3n) is 2.13. The summed E-state index contributed by atoms with van der Waals surface area (Å²) >= 11 is 0. The van der Waals surface area contributed by atoms with Crippen LogP contribution in [0.15, 0.2) is 54.9 Å². The standard InChI is InChI=1S/C13H13N3O2/c17-13(16-11-5-4-8-14-9-11)15-10-18-12-6-2-1-3-7-12/h1-9H,10H2,(H2,15,16,17). The Morgan fingerprint density at radius 1 is 1.17 bits per heavy atom. The van der Waals surface area contributed by atoms with Crippen molar-refractivity contribution < 1.29 is 9.53 Å². The number of hydrogen-bond acceptors (Lipinski definition) is 3. The van der Waals surface area contributed by atoms with E-state index in [0.717, 1.165) is 0 Å². The monoisotopic (exact) mass is 243 g/mol. The Morgan fingerprint density at radius 3 is 2.72 bits per heavy atom. The molecule has 1 aromatic heterocycles. The molecule has 0 atom stereocenters. The van der Waals surface area contributed by atoms with Crippen LogP contribution in [0.4, 0.5) is 10.5 Å². The van der Waals surface area contributed by atoms with Gasteiger partial charge in [-0.2, -0.15) is 0 Å². The summed E-state index contributed by atoms with van der Waals surface area (Å²) < 4.78 is 5.33. The highest BCUT2D eigenvalue weighted by Gasteiger charge is 2.00. The molecule has 0 unspecified atom stereocenters. The van der Waals surface area contributed by atoms with Gasteiger partial charge in [-0.15, -0.1) is 0 Å². The maximum Gasteiger partial charge on any atom is 0.321 e. The zero-order chi connectivity index (χ0) is 12.6. The molecule has 0 radical (unpaired) electrons. The van der Waals surface area contributed by atoms with Crippen molar-refractivity contribution in [1.29, 1.82) is 0 Å². The van der Waals surface area contributed by atoms with Gasteiger partial charge in [-0.25, -0.2) is 4.79 Å². The summed E-state index contributed by atoms with van der Waals surface area (Å²) in [5.41, 5.74) is 0.634. The zero-order valence-electron chi connectivity index (χ0n) is 9.67. The zero-order valence-corrected chi connectivity index (χ0v) is 9.67. The molecule has 5 heteroatoms. The summed E-state index contributed by atoms with van der Waals surface area (Å²) in [6, 6.07) is 12.4. The number of para-hydroxylation sites is 1. The molecular formula is C13H13N3O2. The van der Waals surface area contributed by atoms with Crippen LogP contribution >= 0.6 is 0 Å². The smallest absolute Gasteiger partial charge is 0.321 e. The summed E-state index contributed by atoms with van der Waals surface area (Å²) in [4.78, 5) is 15.4. The van der Waals surface area contributed by atoms with Crippen LogP contribution < -0.4 is 15.4 Å². The van der Waals surface area contributed by atoms with Crippen LogP contribution in [0.2, 0.25) is 0 Å². The lowest BCUT2D eigenvalue weighted by Gasteiger charge is -2.08. The number of hydrogen-bond donors (Lipinski definition) is 2. The molecule has 92 valence electrons. The van der Waals surface area contributed by atoms with Crippen LogP contribution in [0.1, 0.15) is 0 Å². The summed E-state index contributed by atoms with van der Waals surface area (Å²) in [6.45, 7) is 0.107. The molecule has 0 aliphatic carbocycles. The molecule has 0 bridgehead atoms. The second-order valence-corrected chi connectivity index (χ2v) is 3.47. The number of anilines is 1. The predicted molar refractivity (Wildman–Crippen MR) is 68.3 cm³/mol. The number of benzene rings is 1. The van der Waals surface area contributed by atoms with Gasteiger partial charge < -0.3 is 15.4 Å². The Bertz CT molecular complexity index is 488. The van der Waals surface area contributed by atoms with Gasteiger partial charge in [-0.1, -0.05) is 18.2 Å². The van der Waals surface area contributed by atoms with E-state index < -0.39 is 0 Å². The molecule has 0 aliphatic heterocycles. The van der Waals surface area contributed by atoms with Crippen molar-refractivity contribution in [2.24, 2.45) is 0 Å². The van der Waals surface area contributed by atoms with Crippen molar-refractivity contribution >= 4 is 11.7 Å². The first-order valence-electron chi connectivity index (χ1n) is 5.47. The van der Waals surface area contributed by atoms with Gasteiger partial charge in [0.15, 0.2) is 6.73 Å². The van der Waals surface area contributed by atoms with Crippen molar-refractivity contribution in [2.75, 3.05) is 12.0 Å². The van der Waals surface area contributed by atoms with Crippen LogP contribution in [-0.4, -0.2) is 17.7 Å². The normalized spacial score (nSPS) is 9.56. The van der Waals surface area contributed by atoms with Gasteiger partial charge in [0.05, 0.1) is 11.9 Å². The quantitative estimate of drug-likeness (QED) is 0.809. The number of amides is 2. The summed E-state index contributed by atoms with van der Waals surface area (Å²) in [5, 5.41) is 5.22. The molecule has 1 aromatic carbocycles. The minimum absolute atomic E-state index is 0.107. The number of carbonyl (C=O) groups is 1. The first kappa shape index (κ1) is 11.9. The average molecular weight is 243 g/mol. The van der Waals surface area contributed by atoms with E-state index in [-0.39, 0.29) is 12.8 Å². The fourth-order valence-corrected chi connectivity index (χ4v) is 1.31. The molecule has 5 nitrogen and oxygen atoms in total. The molecule has 1 heterocycles. The Labute approximate surface area is 105 Å².